The lowest BCUT2D eigenvalue weighted by atomic mass is 9.94. The van der Waals surface area contributed by atoms with E-state index in [1.165, 1.54) is 10.4 Å². The molecule has 0 spiro atoms. The largest absolute Gasteiger partial charge is 0.356 e. The van der Waals surface area contributed by atoms with Gasteiger partial charge in [0.2, 0.25) is 5.91 Å². The first-order valence-electron chi connectivity index (χ1n) is 9.87. The maximum absolute atomic E-state index is 13.1. The van der Waals surface area contributed by atoms with Crippen LogP contribution in [-0.2, 0) is 17.8 Å². The Balaban J connectivity index is 1.30. The van der Waals surface area contributed by atoms with Crippen molar-refractivity contribution in [2.45, 2.75) is 39.7 Å². The third-order valence-electron chi connectivity index (χ3n) is 6.14. The molecule has 3 aromatic heterocycles. The number of nitrogens with zero attached hydrogens (tertiary/aromatic N) is 6. The highest BCUT2D eigenvalue weighted by atomic mass is 32.1. The van der Waals surface area contributed by atoms with Gasteiger partial charge in [0.1, 0.15) is 12.1 Å². The summed E-state index contributed by atoms with van der Waals surface area (Å²) in [5.74, 6) is 2.14. The van der Waals surface area contributed by atoms with Gasteiger partial charge in [0.15, 0.2) is 0 Å². The number of hydrogen-bond donors (Lipinski definition) is 0. The molecule has 8 heteroatoms. The quantitative estimate of drug-likeness (QED) is 0.666. The average molecular weight is 397 g/mol. The van der Waals surface area contributed by atoms with Crippen LogP contribution in [0.1, 0.15) is 34.5 Å². The van der Waals surface area contributed by atoms with Gasteiger partial charge < -0.3 is 9.80 Å². The SMILES string of the molecule is Cc1nc2ncnn2c(N2CCC(C(=O)N3CCc4sccc4C3)CC2)c1C. The molecule has 5 heterocycles. The molecule has 28 heavy (non-hydrogen) atoms. The number of carbonyl (C=O) groups is 1. The summed E-state index contributed by atoms with van der Waals surface area (Å²) in [6, 6.07) is 2.17. The van der Waals surface area contributed by atoms with Gasteiger partial charge in [-0.05, 0) is 50.1 Å². The van der Waals surface area contributed by atoms with Gasteiger partial charge in [-0.2, -0.15) is 14.6 Å². The minimum atomic E-state index is 0.117. The summed E-state index contributed by atoms with van der Waals surface area (Å²) in [7, 11) is 0. The standard InChI is InChI=1S/C20H24N6OS/c1-13-14(2)23-20-21-12-22-26(20)18(13)24-7-3-15(4-8-24)19(27)25-9-5-17-16(11-25)6-10-28-17/h6,10,12,15H,3-5,7-9,11H2,1-2H3. The third-order valence-corrected chi connectivity index (χ3v) is 7.16. The van der Waals surface area contributed by atoms with Gasteiger partial charge in [-0.25, -0.2) is 4.98 Å². The van der Waals surface area contributed by atoms with Gasteiger partial charge >= 0.3 is 0 Å². The van der Waals surface area contributed by atoms with E-state index in [0.29, 0.717) is 11.7 Å². The molecule has 0 atom stereocenters. The number of fused-ring (bicyclic) bond motifs is 2. The molecular formula is C20H24N6OS. The van der Waals surface area contributed by atoms with Crippen molar-refractivity contribution in [3.63, 3.8) is 0 Å². The first kappa shape index (κ1) is 17.6. The number of aromatic nitrogens is 4. The summed E-state index contributed by atoms with van der Waals surface area (Å²) < 4.78 is 1.83. The highest BCUT2D eigenvalue weighted by molar-refractivity contribution is 7.10. The zero-order valence-electron chi connectivity index (χ0n) is 16.3. The molecule has 2 aliphatic rings. The van der Waals surface area contributed by atoms with Crippen molar-refractivity contribution in [3.8, 4) is 0 Å². The van der Waals surface area contributed by atoms with Crippen molar-refractivity contribution in [1.82, 2.24) is 24.5 Å². The number of piperidine rings is 1. The molecule has 3 aromatic rings. The molecular weight excluding hydrogens is 372 g/mol. The molecule has 7 nitrogen and oxygen atoms in total. The Morgan fingerprint density at radius 2 is 2.04 bits per heavy atom. The van der Waals surface area contributed by atoms with E-state index in [0.717, 1.165) is 62.5 Å². The van der Waals surface area contributed by atoms with Crippen LogP contribution >= 0.6 is 11.3 Å². The second kappa shape index (κ2) is 6.84. The van der Waals surface area contributed by atoms with Gasteiger partial charge in [0, 0.05) is 48.2 Å². The number of aryl methyl sites for hydroxylation is 1. The number of carbonyl (C=O) groups excluding carboxylic acids is 1. The Bertz CT molecular complexity index is 1030. The highest BCUT2D eigenvalue weighted by Gasteiger charge is 2.32. The van der Waals surface area contributed by atoms with E-state index in [-0.39, 0.29) is 5.92 Å². The Hall–Kier alpha value is -2.48. The molecule has 2 aliphatic heterocycles. The van der Waals surface area contributed by atoms with Crippen molar-refractivity contribution >= 4 is 28.8 Å². The fourth-order valence-corrected chi connectivity index (χ4v) is 5.31. The first-order valence-corrected chi connectivity index (χ1v) is 10.8. The number of rotatable bonds is 2. The van der Waals surface area contributed by atoms with Crippen molar-refractivity contribution in [2.75, 3.05) is 24.5 Å². The summed E-state index contributed by atoms with van der Waals surface area (Å²) in [5, 5.41) is 6.51. The summed E-state index contributed by atoms with van der Waals surface area (Å²) in [6.07, 6.45) is 4.30. The lowest BCUT2D eigenvalue weighted by molar-refractivity contribution is -0.137. The monoisotopic (exact) mass is 396 g/mol. The molecule has 0 radical (unpaired) electrons. The topological polar surface area (TPSA) is 66.6 Å². The molecule has 0 unspecified atom stereocenters. The summed E-state index contributed by atoms with van der Waals surface area (Å²) in [5.41, 5.74) is 3.44. The molecule has 0 aliphatic carbocycles. The van der Waals surface area contributed by atoms with E-state index in [1.807, 2.05) is 22.8 Å². The van der Waals surface area contributed by atoms with Gasteiger partial charge in [-0.15, -0.1) is 11.3 Å². The summed E-state index contributed by atoms with van der Waals surface area (Å²) in [4.78, 5) is 27.7. The van der Waals surface area contributed by atoms with Crippen molar-refractivity contribution in [1.29, 1.82) is 0 Å². The molecule has 0 bridgehead atoms. The Kier molecular flexibility index (Phi) is 4.30. The van der Waals surface area contributed by atoms with E-state index in [2.05, 4.69) is 43.2 Å². The lowest BCUT2D eigenvalue weighted by Crippen LogP contribution is -2.44. The van der Waals surface area contributed by atoms with Gasteiger partial charge in [0.05, 0.1) is 0 Å². The summed E-state index contributed by atoms with van der Waals surface area (Å²) in [6.45, 7) is 7.44. The van der Waals surface area contributed by atoms with Crippen LogP contribution in [-0.4, -0.2) is 50.0 Å². The third kappa shape index (κ3) is 2.87. The maximum Gasteiger partial charge on any atom is 0.254 e. The zero-order valence-corrected chi connectivity index (χ0v) is 17.1. The van der Waals surface area contributed by atoms with E-state index >= 15 is 0 Å². The molecule has 5 rings (SSSR count). The van der Waals surface area contributed by atoms with Gasteiger partial charge in [0.25, 0.3) is 5.78 Å². The predicted octanol–water partition coefficient (Wildman–Crippen LogP) is 2.60. The van der Waals surface area contributed by atoms with Crippen LogP contribution in [0.3, 0.4) is 0 Å². The fourth-order valence-electron chi connectivity index (χ4n) is 4.42. The average Bonchev–Trinajstić information content (AvgIpc) is 3.37. The van der Waals surface area contributed by atoms with Crippen LogP contribution in [0.25, 0.3) is 5.78 Å². The van der Waals surface area contributed by atoms with Crippen LogP contribution in [0.4, 0.5) is 5.82 Å². The van der Waals surface area contributed by atoms with E-state index in [9.17, 15) is 4.79 Å². The Labute approximate surface area is 168 Å². The lowest BCUT2D eigenvalue weighted by Gasteiger charge is -2.37. The molecule has 1 saturated heterocycles. The molecule has 0 saturated carbocycles. The van der Waals surface area contributed by atoms with Crippen LogP contribution in [0, 0.1) is 19.8 Å². The van der Waals surface area contributed by atoms with Crippen molar-refractivity contribution in [3.05, 3.63) is 39.5 Å². The molecule has 1 amide bonds. The van der Waals surface area contributed by atoms with Crippen LogP contribution in [0.15, 0.2) is 17.8 Å². The summed E-state index contributed by atoms with van der Waals surface area (Å²) >= 11 is 1.81. The highest BCUT2D eigenvalue weighted by Crippen LogP contribution is 2.30. The Morgan fingerprint density at radius 3 is 2.86 bits per heavy atom. The van der Waals surface area contributed by atoms with Crippen LogP contribution in [0.5, 0.6) is 0 Å². The smallest absolute Gasteiger partial charge is 0.254 e. The van der Waals surface area contributed by atoms with Crippen LogP contribution < -0.4 is 4.90 Å². The normalized spacial score (nSPS) is 17.9. The minimum Gasteiger partial charge on any atom is -0.356 e. The first-order chi connectivity index (χ1) is 13.6. The van der Waals surface area contributed by atoms with Gasteiger partial charge in [-0.1, -0.05) is 0 Å². The predicted molar refractivity (Wildman–Crippen MR) is 109 cm³/mol. The Morgan fingerprint density at radius 1 is 1.21 bits per heavy atom. The number of anilines is 1. The fraction of sp³-hybridized carbons (Fsp3) is 0.500. The number of hydrogen-bond acceptors (Lipinski definition) is 6. The van der Waals surface area contributed by atoms with E-state index < -0.39 is 0 Å². The minimum absolute atomic E-state index is 0.117. The second-order valence-corrected chi connectivity index (χ2v) is 8.76. The van der Waals surface area contributed by atoms with Crippen LogP contribution in [0.2, 0.25) is 0 Å². The van der Waals surface area contributed by atoms with Crippen molar-refractivity contribution < 1.29 is 4.79 Å². The second-order valence-electron chi connectivity index (χ2n) is 7.76. The zero-order chi connectivity index (χ0) is 19.3. The van der Waals surface area contributed by atoms with E-state index in [1.54, 1.807) is 6.33 Å². The number of amides is 1. The maximum atomic E-state index is 13.1. The molecule has 1 fully saturated rings. The molecule has 146 valence electrons. The molecule has 0 N–H and O–H groups in total. The van der Waals surface area contributed by atoms with Crippen molar-refractivity contribution in [2.24, 2.45) is 5.92 Å². The van der Waals surface area contributed by atoms with E-state index in [4.69, 9.17) is 0 Å². The van der Waals surface area contributed by atoms with Gasteiger partial charge in [-0.3, -0.25) is 4.79 Å². The number of thiophene rings is 1. The molecule has 0 aromatic carbocycles.